The van der Waals surface area contributed by atoms with Crippen molar-refractivity contribution < 1.29 is 0 Å². The summed E-state index contributed by atoms with van der Waals surface area (Å²) >= 11 is 0. The van der Waals surface area contributed by atoms with Crippen LogP contribution in [0.2, 0.25) is 0 Å². The summed E-state index contributed by atoms with van der Waals surface area (Å²) in [6, 6.07) is 47.8. The van der Waals surface area contributed by atoms with Crippen molar-refractivity contribution in [2.45, 2.75) is 18.3 Å². The standard InChI is InChI=1S/C42H27N3/c1-2-7-25(8-3-1)37-20-17-27-14-15-28-18-21-38(45-42(28)41(27)44-37)29-16-19-30-34-24-35(34)32-12-5-11-31(39(32)36(30)23-29)33-13-4-9-26-10-6-22-43-40(26)33/h1-23,34-35H,24H2. The van der Waals surface area contributed by atoms with Crippen LogP contribution in [0.5, 0.6) is 0 Å². The highest BCUT2D eigenvalue weighted by atomic mass is 14.8. The van der Waals surface area contributed by atoms with Crippen molar-refractivity contribution >= 4 is 32.7 Å². The van der Waals surface area contributed by atoms with Gasteiger partial charge >= 0.3 is 0 Å². The lowest BCUT2D eigenvalue weighted by Gasteiger charge is -2.24. The third-order valence-electron chi connectivity index (χ3n) is 9.82. The van der Waals surface area contributed by atoms with Crippen LogP contribution < -0.4 is 0 Å². The highest BCUT2D eigenvalue weighted by Gasteiger charge is 2.46. The molecule has 3 heterocycles. The second kappa shape index (κ2) is 9.41. The molecule has 8 aromatic rings. The highest BCUT2D eigenvalue weighted by Crippen LogP contribution is 2.63. The minimum atomic E-state index is 0.594. The first kappa shape index (κ1) is 24.7. The highest BCUT2D eigenvalue weighted by molar-refractivity contribution is 6.04. The Morgan fingerprint density at radius 3 is 1.93 bits per heavy atom. The van der Waals surface area contributed by atoms with E-state index in [1.54, 1.807) is 0 Å². The van der Waals surface area contributed by atoms with E-state index in [2.05, 4.69) is 121 Å². The molecule has 1 fully saturated rings. The number of aromatic nitrogens is 3. The molecule has 0 radical (unpaired) electrons. The van der Waals surface area contributed by atoms with Crippen LogP contribution in [-0.4, -0.2) is 15.0 Å². The number of hydrogen-bond donors (Lipinski definition) is 0. The number of benzene rings is 5. The average Bonchev–Trinajstić information content (AvgIpc) is 3.93. The smallest absolute Gasteiger partial charge is 0.0972 e. The Morgan fingerprint density at radius 1 is 0.444 bits per heavy atom. The third-order valence-corrected chi connectivity index (χ3v) is 9.82. The number of rotatable bonds is 3. The molecule has 2 aliphatic rings. The molecule has 5 aromatic carbocycles. The minimum absolute atomic E-state index is 0.594. The van der Waals surface area contributed by atoms with Gasteiger partial charge in [0.05, 0.1) is 27.9 Å². The summed E-state index contributed by atoms with van der Waals surface area (Å²) in [5.41, 5.74) is 15.1. The molecular weight excluding hydrogens is 546 g/mol. The van der Waals surface area contributed by atoms with Gasteiger partial charge in [-0.1, -0.05) is 109 Å². The van der Waals surface area contributed by atoms with Crippen LogP contribution >= 0.6 is 0 Å². The lowest BCUT2D eigenvalue weighted by molar-refractivity contribution is 1.01. The molecule has 3 heteroatoms. The van der Waals surface area contributed by atoms with Crippen LogP contribution in [0.25, 0.3) is 77.5 Å². The Labute approximate surface area is 260 Å². The van der Waals surface area contributed by atoms with Gasteiger partial charge in [0.1, 0.15) is 0 Å². The van der Waals surface area contributed by atoms with Crippen LogP contribution in [0.3, 0.4) is 0 Å². The van der Waals surface area contributed by atoms with E-state index in [-0.39, 0.29) is 0 Å². The summed E-state index contributed by atoms with van der Waals surface area (Å²) in [4.78, 5) is 15.2. The Bertz CT molecular complexity index is 2480. The number of hydrogen-bond acceptors (Lipinski definition) is 3. The van der Waals surface area contributed by atoms with Gasteiger partial charge in [-0.25, -0.2) is 9.97 Å². The maximum Gasteiger partial charge on any atom is 0.0972 e. The zero-order valence-electron chi connectivity index (χ0n) is 24.5. The van der Waals surface area contributed by atoms with Crippen molar-refractivity contribution in [1.29, 1.82) is 0 Å². The monoisotopic (exact) mass is 573 g/mol. The quantitative estimate of drug-likeness (QED) is 0.197. The topological polar surface area (TPSA) is 38.7 Å². The fourth-order valence-corrected chi connectivity index (χ4v) is 7.56. The number of pyridine rings is 3. The second-order valence-electron chi connectivity index (χ2n) is 12.4. The van der Waals surface area contributed by atoms with Gasteiger partial charge in [0.2, 0.25) is 0 Å². The van der Waals surface area contributed by atoms with Crippen molar-refractivity contribution in [2.75, 3.05) is 0 Å². The van der Waals surface area contributed by atoms with E-state index in [1.165, 1.54) is 45.2 Å². The molecule has 3 aromatic heterocycles. The molecule has 10 rings (SSSR count). The second-order valence-corrected chi connectivity index (χ2v) is 12.4. The van der Waals surface area contributed by atoms with E-state index < -0.39 is 0 Å². The van der Waals surface area contributed by atoms with E-state index in [9.17, 15) is 0 Å². The summed E-state index contributed by atoms with van der Waals surface area (Å²) < 4.78 is 0. The van der Waals surface area contributed by atoms with E-state index in [4.69, 9.17) is 15.0 Å². The number of fused-ring (bicyclic) bond motifs is 10. The van der Waals surface area contributed by atoms with Crippen molar-refractivity contribution in [3.05, 3.63) is 151 Å². The first-order valence-electron chi connectivity index (χ1n) is 15.7. The molecule has 1 saturated carbocycles. The lowest BCUT2D eigenvalue weighted by atomic mass is 9.80. The normalized spacial score (nSPS) is 16.4. The van der Waals surface area contributed by atoms with E-state index >= 15 is 0 Å². The predicted molar refractivity (Wildman–Crippen MR) is 184 cm³/mol. The fraction of sp³-hybridized carbons (Fsp3) is 0.0714. The van der Waals surface area contributed by atoms with E-state index in [0.29, 0.717) is 11.8 Å². The SMILES string of the molecule is c1ccc(-c2ccc3ccc4ccc(-c5ccc6c(c5)-c5c(-c7cccc8cccnc78)cccc5C5CC65)nc4c3n2)cc1. The largest absolute Gasteiger partial charge is 0.256 e. The minimum Gasteiger partial charge on any atom is -0.256 e. The van der Waals surface area contributed by atoms with Crippen molar-refractivity contribution in [2.24, 2.45) is 0 Å². The van der Waals surface area contributed by atoms with Crippen LogP contribution in [0, 0.1) is 0 Å². The molecule has 2 unspecified atom stereocenters. The summed E-state index contributed by atoms with van der Waals surface area (Å²) in [5, 5.41) is 3.36. The van der Waals surface area contributed by atoms with Gasteiger partial charge in [-0.15, -0.1) is 0 Å². The molecule has 2 atom stereocenters. The van der Waals surface area contributed by atoms with Crippen LogP contribution in [0.4, 0.5) is 0 Å². The van der Waals surface area contributed by atoms with E-state index in [0.717, 1.165) is 49.8 Å². The molecule has 0 saturated heterocycles. The molecular formula is C42H27N3. The molecule has 0 bridgehead atoms. The third kappa shape index (κ3) is 3.80. The summed E-state index contributed by atoms with van der Waals surface area (Å²) in [7, 11) is 0. The van der Waals surface area contributed by atoms with Crippen LogP contribution in [0.15, 0.2) is 140 Å². The van der Waals surface area contributed by atoms with Crippen molar-refractivity contribution in [1.82, 2.24) is 15.0 Å². The summed E-state index contributed by atoms with van der Waals surface area (Å²) in [6.07, 6.45) is 3.11. The summed E-state index contributed by atoms with van der Waals surface area (Å²) in [6.45, 7) is 0. The molecule has 2 aliphatic carbocycles. The van der Waals surface area contributed by atoms with E-state index in [1.807, 2.05) is 18.3 Å². The zero-order valence-corrected chi connectivity index (χ0v) is 24.5. The average molecular weight is 574 g/mol. The Balaban J connectivity index is 1.16. The predicted octanol–water partition coefficient (Wildman–Crippen LogP) is 10.6. The van der Waals surface area contributed by atoms with Crippen LogP contribution in [-0.2, 0) is 0 Å². The molecule has 210 valence electrons. The first-order chi connectivity index (χ1) is 22.3. The molecule has 3 nitrogen and oxygen atoms in total. The Hall–Kier alpha value is -5.67. The lowest BCUT2D eigenvalue weighted by Crippen LogP contribution is -2.02. The summed E-state index contributed by atoms with van der Waals surface area (Å²) in [5.74, 6) is 1.19. The fourth-order valence-electron chi connectivity index (χ4n) is 7.56. The molecule has 0 N–H and O–H groups in total. The molecule has 45 heavy (non-hydrogen) atoms. The maximum absolute atomic E-state index is 5.29. The van der Waals surface area contributed by atoms with Gasteiger partial charge < -0.3 is 0 Å². The molecule has 0 amide bonds. The van der Waals surface area contributed by atoms with Gasteiger partial charge in [0.15, 0.2) is 0 Å². The van der Waals surface area contributed by atoms with Crippen molar-refractivity contribution in [3.63, 3.8) is 0 Å². The van der Waals surface area contributed by atoms with Gasteiger partial charge in [-0.2, -0.15) is 0 Å². The number of nitrogens with zero attached hydrogens (tertiary/aromatic N) is 3. The number of para-hydroxylation sites is 1. The zero-order chi connectivity index (χ0) is 29.5. The Morgan fingerprint density at radius 2 is 1.11 bits per heavy atom. The molecule has 0 spiro atoms. The Kier molecular flexibility index (Phi) is 5.17. The van der Waals surface area contributed by atoms with Gasteiger partial charge in [-0.05, 0) is 70.3 Å². The van der Waals surface area contributed by atoms with Crippen LogP contribution in [0.1, 0.15) is 29.4 Å². The first-order valence-corrected chi connectivity index (χ1v) is 15.7. The maximum atomic E-state index is 5.29. The van der Waals surface area contributed by atoms with Gasteiger partial charge in [0.25, 0.3) is 0 Å². The molecule has 0 aliphatic heterocycles. The van der Waals surface area contributed by atoms with Gasteiger partial charge in [-0.3, -0.25) is 4.98 Å². The van der Waals surface area contributed by atoms with Crippen molar-refractivity contribution in [3.8, 4) is 44.8 Å². The van der Waals surface area contributed by atoms with Gasteiger partial charge in [0, 0.05) is 39.0 Å².